The Bertz CT molecular complexity index is 116. The Morgan fingerprint density at radius 2 is 2.00 bits per heavy atom. The van der Waals surface area contributed by atoms with E-state index in [9.17, 15) is 0 Å². The molecule has 2 fully saturated rings. The molecule has 0 atom stereocenters. The van der Waals surface area contributed by atoms with Gasteiger partial charge in [-0.15, -0.1) is 0 Å². The molecular formula is C7H15NSi. The summed E-state index contributed by atoms with van der Waals surface area (Å²) in [5, 5.41) is 0. The third kappa shape index (κ3) is 0.766. The van der Waals surface area contributed by atoms with Gasteiger partial charge in [-0.2, -0.15) is 0 Å². The fourth-order valence-electron chi connectivity index (χ4n) is 2.54. The lowest BCUT2D eigenvalue weighted by Gasteiger charge is -2.22. The Balaban J connectivity index is 2.13. The predicted molar refractivity (Wildman–Crippen MR) is 42.0 cm³/mol. The summed E-state index contributed by atoms with van der Waals surface area (Å²) in [4.78, 5) is 3.61. The molecule has 2 saturated heterocycles. The second-order valence-electron chi connectivity index (χ2n) is 3.68. The molecule has 2 rings (SSSR count). The Morgan fingerprint density at radius 3 is 2.22 bits per heavy atom. The normalized spacial score (nSPS) is 48.3. The first kappa shape index (κ1) is 5.92. The maximum absolute atomic E-state index is 3.61. The van der Waals surface area contributed by atoms with E-state index in [1.807, 2.05) is 0 Å². The van der Waals surface area contributed by atoms with Gasteiger partial charge in [-0.05, 0) is 31.1 Å². The van der Waals surface area contributed by atoms with Crippen LogP contribution >= 0.6 is 0 Å². The van der Waals surface area contributed by atoms with Crippen molar-refractivity contribution in [3.8, 4) is 0 Å². The van der Waals surface area contributed by atoms with Crippen molar-refractivity contribution in [1.29, 1.82) is 0 Å². The van der Waals surface area contributed by atoms with Crippen molar-refractivity contribution in [3.63, 3.8) is 0 Å². The summed E-state index contributed by atoms with van der Waals surface area (Å²) < 4.78 is 0. The molecule has 0 aromatic heterocycles. The molecule has 9 heavy (non-hydrogen) atoms. The third-order valence-corrected chi connectivity index (χ3v) is 8.18. The van der Waals surface area contributed by atoms with Crippen LogP contribution in [0.3, 0.4) is 0 Å². The van der Waals surface area contributed by atoms with Gasteiger partial charge in [0.05, 0.1) is 0 Å². The molecule has 2 aliphatic rings. The highest BCUT2D eigenvalue weighted by atomic mass is 28.3. The maximum atomic E-state index is 3.61. The number of hydrogen-bond acceptors (Lipinski definition) is 1. The van der Waals surface area contributed by atoms with E-state index in [2.05, 4.69) is 12.0 Å². The summed E-state index contributed by atoms with van der Waals surface area (Å²) in [6, 6.07) is 4.76. The van der Waals surface area contributed by atoms with E-state index in [4.69, 9.17) is 0 Å². The predicted octanol–water partition coefficient (Wildman–Crippen LogP) is 1.57. The Hall–Kier alpha value is 0.177. The molecule has 0 aromatic carbocycles. The van der Waals surface area contributed by atoms with Crippen molar-refractivity contribution in [1.82, 2.24) is 4.98 Å². The maximum Gasteiger partial charge on any atom is 0.125 e. The summed E-state index contributed by atoms with van der Waals surface area (Å²) in [5.74, 6) is 1.14. The first-order chi connectivity index (χ1) is 4.35. The van der Waals surface area contributed by atoms with E-state index in [1.54, 1.807) is 31.0 Å². The molecule has 1 nitrogen and oxygen atoms in total. The number of nitrogens with one attached hydrogen (secondary N) is 1. The van der Waals surface area contributed by atoms with Crippen LogP contribution in [0.25, 0.3) is 0 Å². The smallest absolute Gasteiger partial charge is 0.125 e. The second kappa shape index (κ2) is 1.83. The summed E-state index contributed by atoms with van der Waals surface area (Å²) in [6.45, 7) is 0. The standard InChI is InChI=1S/C7H15NSi/c1-8-9-4-2-7(6-9)3-5-9/h7-8H,2-6H2,1H3. The summed E-state index contributed by atoms with van der Waals surface area (Å²) in [6.07, 6.45) is 3.10. The Labute approximate surface area is 57.9 Å². The van der Waals surface area contributed by atoms with Gasteiger partial charge in [-0.3, -0.25) is 0 Å². The van der Waals surface area contributed by atoms with Crippen LogP contribution in [0.15, 0.2) is 0 Å². The van der Waals surface area contributed by atoms with Crippen LogP contribution in [-0.2, 0) is 0 Å². The van der Waals surface area contributed by atoms with Crippen molar-refractivity contribution in [3.05, 3.63) is 0 Å². The zero-order valence-electron chi connectivity index (χ0n) is 6.11. The molecule has 52 valence electrons. The van der Waals surface area contributed by atoms with Gasteiger partial charge in [-0.25, -0.2) is 0 Å². The van der Waals surface area contributed by atoms with Gasteiger partial charge < -0.3 is 4.98 Å². The SMILES string of the molecule is CN[Si]12CCC(CC1)C2. The van der Waals surface area contributed by atoms with Gasteiger partial charge in [0.2, 0.25) is 0 Å². The second-order valence-corrected chi connectivity index (χ2v) is 8.15. The van der Waals surface area contributed by atoms with Gasteiger partial charge in [0.15, 0.2) is 0 Å². The zero-order valence-corrected chi connectivity index (χ0v) is 7.11. The summed E-state index contributed by atoms with van der Waals surface area (Å²) in [5.41, 5.74) is 0. The highest BCUT2D eigenvalue weighted by Gasteiger charge is 2.45. The van der Waals surface area contributed by atoms with Crippen LogP contribution in [0, 0.1) is 5.92 Å². The van der Waals surface area contributed by atoms with Crippen LogP contribution in [0.5, 0.6) is 0 Å². The summed E-state index contributed by atoms with van der Waals surface area (Å²) in [7, 11) is 1.42. The summed E-state index contributed by atoms with van der Waals surface area (Å²) >= 11 is 0. The van der Waals surface area contributed by atoms with Crippen LogP contribution < -0.4 is 4.98 Å². The van der Waals surface area contributed by atoms with Crippen LogP contribution in [0.1, 0.15) is 12.8 Å². The fraction of sp³-hybridized carbons (Fsp3) is 1.00. The van der Waals surface area contributed by atoms with Crippen molar-refractivity contribution >= 4 is 8.24 Å². The van der Waals surface area contributed by atoms with Crippen LogP contribution in [-0.4, -0.2) is 15.3 Å². The molecule has 0 aliphatic carbocycles. The third-order valence-electron chi connectivity index (χ3n) is 3.27. The minimum absolute atomic E-state index is 0.756. The van der Waals surface area contributed by atoms with Crippen molar-refractivity contribution < 1.29 is 0 Å². The van der Waals surface area contributed by atoms with Gasteiger partial charge in [0.1, 0.15) is 8.24 Å². The lowest BCUT2D eigenvalue weighted by molar-refractivity contribution is 0.576. The quantitative estimate of drug-likeness (QED) is 0.547. The lowest BCUT2D eigenvalue weighted by atomic mass is 10.1. The largest absolute Gasteiger partial charge is 0.340 e. The van der Waals surface area contributed by atoms with Crippen molar-refractivity contribution in [2.45, 2.75) is 31.0 Å². The topological polar surface area (TPSA) is 12.0 Å². The van der Waals surface area contributed by atoms with Gasteiger partial charge >= 0.3 is 0 Å². The van der Waals surface area contributed by atoms with Crippen molar-refractivity contribution in [2.24, 2.45) is 5.92 Å². The molecule has 2 bridgehead atoms. The van der Waals surface area contributed by atoms with E-state index >= 15 is 0 Å². The Morgan fingerprint density at radius 1 is 1.33 bits per heavy atom. The zero-order chi connectivity index (χ0) is 6.32. The average Bonchev–Trinajstić information content (AvgIpc) is 2.46. The van der Waals surface area contributed by atoms with Crippen molar-refractivity contribution in [2.75, 3.05) is 7.05 Å². The average molecular weight is 141 g/mol. The Kier molecular flexibility index (Phi) is 1.20. The first-order valence-electron chi connectivity index (χ1n) is 4.04. The fourth-order valence-corrected chi connectivity index (χ4v) is 7.34. The molecule has 0 saturated carbocycles. The lowest BCUT2D eigenvalue weighted by Crippen LogP contribution is -2.43. The molecule has 2 heterocycles. The molecule has 0 unspecified atom stereocenters. The number of fused-ring (bicyclic) bond motifs is 2. The minimum Gasteiger partial charge on any atom is -0.340 e. The van der Waals surface area contributed by atoms with E-state index in [0.29, 0.717) is 0 Å². The molecule has 2 aliphatic heterocycles. The van der Waals surface area contributed by atoms with Gasteiger partial charge in [0.25, 0.3) is 0 Å². The molecule has 0 aromatic rings. The molecule has 0 radical (unpaired) electrons. The number of rotatable bonds is 1. The molecule has 0 amide bonds. The monoisotopic (exact) mass is 141 g/mol. The van der Waals surface area contributed by atoms with Crippen LogP contribution in [0.2, 0.25) is 18.1 Å². The number of hydrogen-bond donors (Lipinski definition) is 1. The highest BCUT2D eigenvalue weighted by Crippen LogP contribution is 2.46. The van der Waals surface area contributed by atoms with E-state index in [0.717, 1.165) is 5.92 Å². The first-order valence-corrected chi connectivity index (χ1v) is 6.66. The van der Waals surface area contributed by atoms with Crippen LogP contribution in [0.4, 0.5) is 0 Å². The van der Waals surface area contributed by atoms with Gasteiger partial charge in [-0.1, -0.05) is 12.8 Å². The van der Waals surface area contributed by atoms with Gasteiger partial charge in [0, 0.05) is 0 Å². The minimum atomic E-state index is -0.756. The van der Waals surface area contributed by atoms with E-state index in [-0.39, 0.29) is 0 Å². The molecule has 1 N–H and O–H groups in total. The highest BCUT2D eigenvalue weighted by molar-refractivity contribution is 6.78. The molecule has 2 heteroatoms. The molecular weight excluding hydrogens is 126 g/mol. The molecule has 0 spiro atoms. The van der Waals surface area contributed by atoms with E-state index < -0.39 is 8.24 Å². The van der Waals surface area contributed by atoms with E-state index in [1.165, 1.54) is 0 Å².